The van der Waals surface area contributed by atoms with Gasteiger partial charge in [0, 0.05) is 0 Å². The van der Waals surface area contributed by atoms with Crippen LogP contribution in [0.15, 0.2) is 6.33 Å². The van der Waals surface area contributed by atoms with Crippen LogP contribution in [0.3, 0.4) is 0 Å². The van der Waals surface area contributed by atoms with Crippen molar-refractivity contribution in [3.05, 3.63) is 10.0 Å². The molecule has 0 radical (unpaired) electrons. The van der Waals surface area contributed by atoms with Crippen molar-refractivity contribution in [3.8, 4) is 0 Å². The minimum absolute atomic E-state index is 0.0383. The van der Waals surface area contributed by atoms with Gasteiger partial charge in [-0.3, -0.25) is 4.57 Å². The zero-order valence-electron chi connectivity index (χ0n) is 10.0. The Labute approximate surface area is 125 Å². The second kappa shape index (κ2) is 5.02. The number of aromatic nitrogens is 4. The van der Waals surface area contributed by atoms with E-state index >= 15 is 0 Å². The van der Waals surface area contributed by atoms with Crippen molar-refractivity contribution in [3.63, 3.8) is 0 Å². The van der Waals surface area contributed by atoms with Gasteiger partial charge in [-0.15, -0.1) is 0 Å². The summed E-state index contributed by atoms with van der Waals surface area (Å²) in [5, 5.41) is 18.7. The van der Waals surface area contributed by atoms with Crippen LogP contribution in [0.1, 0.15) is 6.23 Å². The Balaban J connectivity index is 2.07. The molecule has 4 unspecified atom stereocenters. The number of halogens is 2. The molecule has 0 aromatic carbocycles. The number of anilines is 1. The van der Waals surface area contributed by atoms with E-state index in [9.17, 15) is 9.50 Å². The number of hydrogen-bond acceptors (Lipinski definition) is 7. The zero-order chi connectivity index (χ0) is 14.4. The Kier molecular flexibility index (Phi) is 3.48. The third-order valence-corrected chi connectivity index (χ3v) is 3.90. The van der Waals surface area contributed by atoms with Gasteiger partial charge >= 0.3 is 0 Å². The van der Waals surface area contributed by atoms with E-state index in [1.807, 2.05) is 22.6 Å². The third-order valence-electron chi connectivity index (χ3n) is 3.14. The van der Waals surface area contributed by atoms with E-state index in [1.54, 1.807) is 0 Å². The highest BCUT2D eigenvalue weighted by Gasteiger charge is 2.45. The first-order chi connectivity index (χ1) is 9.52. The van der Waals surface area contributed by atoms with Crippen LogP contribution in [-0.4, -0.2) is 54.7 Å². The van der Waals surface area contributed by atoms with E-state index in [-0.39, 0.29) is 5.95 Å². The molecule has 0 saturated carbocycles. The molecule has 0 aliphatic carbocycles. The summed E-state index contributed by atoms with van der Waals surface area (Å²) >= 11 is 1.95. The number of alkyl halides is 1. The second-order valence-electron chi connectivity index (χ2n) is 4.38. The number of nitrogens with two attached hydrogens (primary N) is 1. The summed E-state index contributed by atoms with van der Waals surface area (Å²) < 4.78 is 21.3. The van der Waals surface area contributed by atoms with Crippen LogP contribution in [0.25, 0.3) is 11.2 Å². The van der Waals surface area contributed by atoms with E-state index in [2.05, 4.69) is 15.0 Å². The number of aliphatic hydroxyl groups excluding tert-OH is 2. The topological polar surface area (TPSA) is 119 Å². The number of nitrogens with zero attached hydrogens (tertiary/aromatic N) is 4. The number of nitrogen functional groups attached to an aromatic ring is 1. The van der Waals surface area contributed by atoms with Crippen molar-refractivity contribution in [1.82, 2.24) is 19.5 Å². The summed E-state index contributed by atoms with van der Waals surface area (Å²) in [5.41, 5.74) is 6.36. The Morgan fingerprint density at radius 1 is 1.50 bits per heavy atom. The Hall–Kier alpha value is -1.11. The molecule has 1 fully saturated rings. The van der Waals surface area contributed by atoms with Crippen molar-refractivity contribution in [2.45, 2.75) is 24.6 Å². The number of aliphatic hydroxyl groups is 2. The smallest absolute Gasteiger partial charge is 0.223 e. The van der Waals surface area contributed by atoms with Crippen LogP contribution in [0.5, 0.6) is 0 Å². The molecule has 2 aromatic rings. The number of ether oxygens (including phenoxy) is 1. The van der Waals surface area contributed by atoms with E-state index in [0.29, 0.717) is 14.9 Å². The first-order valence-electron chi connectivity index (χ1n) is 5.77. The maximum atomic E-state index is 14.1. The zero-order valence-corrected chi connectivity index (χ0v) is 12.2. The Bertz CT molecular complexity index is 653. The van der Waals surface area contributed by atoms with Crippen molar-refractivity contribution in [2.75, 3.05) is 12.3 Å². The predicted octanol–water partition coefficient (Wildman–Crippen LogP) is -0.398. The summed E-state index contributed by atoms with van der Waals surface area (Å²) in [5.74, 6) is 0.0383. The van der Waals surface area contributed by atoms with E-state index in [4.69, 9.17) is 15.6 Å². The molecule has 10 heteroatoms. The molecule has 20 heavy (non-hydrogen) atoms. The SMILES string of the molecule is Nc1nc(I)c2ncn(C3OC(CO)C(O)C3F)c2n1. The molecular formula is C10H11FIN5O3. The normalized spacial score (nSPS) is 30.2. The standard InChI is InChI=1S/C10H11FIN5O3/c11-4-6(19)3(1-18)20-9(4)17-2-14-5-7(12)15-10(13)16-8(5)17/h2-4,6,9,18-19H,1H2,(H2,13,15,16). The van der Waals surface area contributed by atoms with Crippen molar-refractivity contribution in [2.24, 2.45) is 0 Å². The van der Waals surface area contributed by atoms with Crippen LogP contribution in [-0.2, 0) is 4.74 Å². The fraction of sp³-hybridized carbons (Fsp3) is 0.500. The molecule has 4 N–H and O–H groups in total. The van der Waals surface area contributed by atoms with Gasteiger partial charge < -0.3 is 20.7 Å². The molecular weight excluding hydrogens is 384 g/mol. The molecule has 8 nitrogen and oxygen atoms in total. The number of hydrogen-bond donors (Lipinski definition) is 3. The van der Waals surface area contributed by atoms with Crippen molar-refractivity contribution >= 4 is 39.7 Å². The van der Waals surface area contributed by atoms with Gasteiger partial charge in [-0.2, -0.15) is 4.98 Å². The monoisotopic (exact) mass is 395 g/mol. The molecule has 4 atom stereocenters. The van der Waals surface area contributed by atoms with Gasteiger partial charge in [0.1, 0.15) is 21.4 Å². The number of imidazole rings is 1. The maximum absolute atomic E-state index is 14.1. The molecule has 108 valence electrons. The first-order valence-corrected chi connectivity index (χ1v) is 6.84. The highest BCUT2D eigenvalue weighted by molar-refractivity contribution is 14.1. The molecule has 1 aliphatic rings. The summed E-state index contributed by atoms with van der Waals surface area (Å²) in [4.78, 5) is 12.1. The molecule has 3 heterocycles. The lowest BCUT2D eigenvalue weighted by Crippen LogP contribution is -2.30. The van der Waals surface area contributed by atoms with Crippen LogP contribution >= 0.6 is 22.6 Å². The van der Waals surface area contributed by atoms with E-state index in [1.165, 1.54) is 10.9 Å². The molecule has 0 bridgehead atoms. The lowest BCUT2D eigenvalue weighted by molar-refractivity contribution is -0.0459. The first kappa shape index (κ1) is 13.9. The van der Waals surface area contributed by atoms with Crippen molar-refractivity contribution < 1.29 is 19.3 Å². The molecule has 1 saturated heterocycles. The predicted molar refractivity (Wildman–Crippen MR) is 74.4 cm³/mol. The lowest BCUT2D eigenvalue weighted by atomic mass is 10.1. The minimum Gasteiger partial charge on any atom is -0.394 e. The summed E-state index contributed by atoms with van der Waals surface area (Å²) in [6.07, 6.45) is -3.84. The molecule has 0 amide bonds. The summed E-state index contributed by atoms with van der Waals surface area (Å²) in [6, 6.07) is 0. The third kappa shape index (κ3) is 2.03. The van der Waals surface area contributed by atoms with Crippen LogP contribution in [0.4, 0.5) is 10.3 Å². The van der Waals surface area contributed by atoms with Crippen LogP contribution in [0.2, 0.25) is 0 Å². The highest BCUT2D eigenvalue weighted by Crippen LogP contribution is 2.33. The van der Waals surface area contributed by atoms with E-state index < -0.39 is 31.2 Å². The lowest BCUT2D eigenvalue weighted by Gasteiger charge is -2.15. The number of fused-ring (bicyclic) bond motifs is 1. The molecule has 2 aromatic heterocycles. The number of rotatable bonds is 2. The molecule has 0 spiro atoms. The van der Waals surface area contributed by atoms with Gasteiger partial charge in [0.05, 0.1) is 12.9 Å². The largest absolute Gasteiger partial charge is 0.394 e. The van der Waals surface area contributed by atoms with Gasteiger partial charge in [0.2, 0.25) is 5.95 Å². The highest BCUT2D eigenvalue weighted by atomic mass is 127. The second-order valence-corrected chi connectivity index (χ2v) is 5.40. The maximum Gasteiger partial charge on any atom is 0.223 e. The minimum atomic E-state index is -1.70. The van der Waals surface area contributed by atoms with Crippen LogP contribution < -0.4 is 5.73 Å². The Morgan fingerprint density at radius 3 is 2.90 bits per heavy atom. The fourth-order valence-electron chi connectivity index (χ4n) is 2.16. The van der Waals surface area contributed by atoms with Gasteiger partial charge in [-0.1, -0.05) is 0 Å². The van der Waals surface area contributed by atoms with Gasteiger partial charge in [-0.25, -0.2) is 14.4 Å². The Morgan fingerprint density at radius 2 is 2.25 bits per heavy atom. The average molecular weight is 395 g/mol. The fourth-order valence-corrected chi connectivity index (χ4v) is 2.79. The van der Waals surface area contributed by atoms with E-state index in [0.717, 1.165) is 0 Å². The molecule has 1 aliphatic heterocycles. The van der Waals surface area contributed by atoms with Crippen molar-refractivity contribution in [1.29, 1.82) is 0 Å². The quantitative estimate of drug-likeness (QED) is 0.468. The van der Waals surface area contributed by atoms with Crippen LogP contribution in [0, 0.1) is 3.70 Å². The summed E-state index contributed by atoms with van der Waals surface area (Å²) in [7, 11) is 0. The summed E-state index contributed by atoms with van der Waals surface area (Å²) in [6.45, 7) is -0.473. The average Bonchev–Trinajstić information content (AvgIpc) is 2.93. The van der Waals surface area contributed by atoms with Gasteiger partial charge in [0.15, 0.2) is 18.0 Å². The molecule has 3 rings (SSSR count). The van der Waals surface area contributed by atoms with Gasteiger partial charge in [0.25, 0.3) is 0 Å². The van der Waals surface area contributed by atoms with Gasteiger partial charge in [-0.05, 0) is 22.6 Å².